The van der Waals surface area contributed by atoms with Gasteiger partial charge in [0, 0.05) is 32.8 Å². The van der Waals surface area contributed by atoms with Crippen molar-refractivity contribution < 1.29 is 9.59 Å². The first-order valence-corrected chi connectivity index (χ1v) is 9.80. The van der Waals surface area contributed by atoms with Crippen molar-refractivity contribution >= 4 is 44.6 Å². The number of carbonyl (C=O) groups is 2. The number of carbonyl (C=O) groups excluding carboxylic acids is 2. The Morgan fingerprint density at radius 1 is 0.893 bits per heavy atom. The molecule has 136 valence electrons. The van der Waals surface area contributed by atoms with E-state index in [-0.39, 0.29) is 11.6 Å². The van der Waals surface area contributed by atoms with Gasteiger partial charge in [-0.25, -0.2) is 9.97 Å². The normalized spacial score (nSPS) is 12.8. The minimum atomic E-state index is -0.134. The van der Waals surface area contributed by atoms with Gasteiger partial charge in [0.1, 0.15) is 17.0 Å². The molecule has 0 radical (unpaired) electrons. The molecule has 0 amide bonds. The van der Waals surface area contributed by atoms with Gasteiger partial charge in [-0.2, -0.15) is 0 Å². The molecule has 0 atom stereocenters. The first-order valence-electron chi connectivity index (χ1n) is 8.98. The summed E-state index contributed by atoms with van der Waals surface area (Å²) in [5.74, 6) is 0.438. The monoisotopic (exact) mass is 385 g/mol. The van der Waals surface area contributed by atoms with Crippen LogP contribution >= 0.6 is 11.3 Å². The molecular formula is C22H15N3O2S. The van der Waals surface area contributed by atoms with Gasteiger partial charge in [-0.15, -0.1) is 11.3 Å². The number of hydrogen-bond acceptors (Lipinski definition) is 6. The SMILES string of the molecule is CCc1cc2c(Nc3ccc4c(c3)C(=O)c3ccccc3C4=O)ncnc2s1. The Hall–Kier alpha value is -3.38. The lowest BCUT2D eigenvalue weighted by Crippen LogP contribution is -2.20. The quantitative estimate of drug-likeness (QED) is 0.484. The molecule has 1 aliphatic rings. The van der Waals surface area contributed by atoms with Crippen LogP contribution in [0.4, 0.5) is 11.5 Å². The molecule has 2 heterocycles. The average molecular weight is 385 g/mol. The molecule has 2 aromatic heterocycles. The van der Waals surface area contributed by atoms with Gasteiger partial charge in [0.2, 0.25) is 0 Å². The van der Waals surface area contributed by atoms with Crippen molar-refractivity contribution in [2.45, 2.75) is 13.3 Å². The van der Waals surface area contributed by atoms with Crippen LogP contribution in [0.2, 0.25) is 0 Å². The molecule has 28 heavy (non-hydrogen) atoms. The highest BCUT2D eigenvalue weighted by Gasteiger charge is 2.29. The molecule has 0 saturated heterocycles. The first kappa shape index (κ1) is 16.8. The van der Waals surface area contributed by atoms with Crippen molar-refractivity contribution in [3.63, 3.8) is 0 Å². The van der Waals surface area contributed by atoms with E-state index < -0.39 is 0 Å². The Morgan fingerprint density at radius 2 is 1.61 bits per heavy atom. The maximum Gasteiger partial charge on any atom is 0.194 e. The van der Waals surface area contributed by atoms with Crippen molar-refractivity contribution in [1.29, 1.82) is 0 Å². The van der Waals surface area contributed by atoms with Gasteiger partial charge in [-0.05, 0) is 30.7 Å². The van der Waals surface area contributed by atoms with Crippen molar-refractivity contribution in [3.8, 4) is 0 Å². The number of rotatable bonds is 3. The predicted octanol–water partition coefficient (Wildman–Crippen LogP) is 4.77. The zero-order valence-electron chi connectivity index (χ0n) is 15.0. The molecule has 1 N–H and O–H groups in total. The second kappa shape index (κ2) is 6.35. The lowest BCUT2D eigenvalue weighted by molar-refractivity contribution is 0.0979. The number of nitrogens with zero attached hydrogens (tertiary/aromatic N) is 2. The third-order valence-corrected chi connectivity index (χ3v) is 6.10. The van der Waals surface area contributed by atoms with E-state index in [0.29, 0.717) is 33.8 Å². The van der Waals surface area contributed by atoms with E-state index in [0.717, 1.165) is 16.6 Å². The minimum Gasteiger partial charge on any atom is -0.340 e. The van der Waals surface area contributed by atoms with Gasteiger partial charge in [0.15, 0.2) is 11.6 Å². The molecule has 4 aromatic rings. The molecule has 0 saturated carbocycles. The number of hydrogen-bond donors (Lipinski definition) is 1. The van der Waals surface area contributed by atoms with E-state index in [1.807, 2.05) is 0 Å². The average Bonchev–Trinajstić information content (AvgIpc) is 3.16. The number of aromatic nitrogens is 2. The molecule has 1 aliphatic carbocycles. The molecule has 0 bridgehead atoms. The summed E-state index contributed by atoms with van der Waals surface area (Å²) in [4.78, 5) is 36.5. The lowest BCUT2D eigenvalue weighted by atomic mass is 9.84. The summed E-state index contributed by atoms with van der Waals surface area (Å²) < 4.78 is 0. The molecule has 5 rings (SSSR count). The smallest absolute Gasteiger partial charge is 0.194 e. The minimum absolute atomic E-state index is 0.119. The number of thiophene rings is 1. The fourth-order valence-corrected chi connectivity index (χ4v) is 4.43. The van der Waals surface area contributed by atoms with Crippen LogP contribution in [0.1, 0.15) is 43.6 Å². The van der Waals surface area contributed by atoms with E-state index in [1.165, 1.54) is 11.2 Å². The predicted molar refractivity (Wildman–Crippen MR) is 110 cm³/mol. The fourth-order valence-electron chi connectivity index (χ4n) is 3.49. The van der Waals surface area contributed by atoms with E-state index in [4.69, 9.17) is 0 Å². The molecule has 0 aliphatic heterocycles. The van der Waals surface area contributed by atoms with Gasteiger partial charge in [-0.3, -0.25) is 9.59 Å². The van der Waals surface area contributed by atoms with E-state index >= 15 is 0 Å². The third-order valence-electron chi connectivity index (χ3n) is 4.92. The molecular weight excluding hydrogens is 370 g/mol. The molecule has 2 aromatic carbocycles. The van der Waals surface area contributed by atoms with Gasteiger partial charge < -0.3 is 5.32 Å². The molecule has 6 heteroatoms. The molecule has 0 fully saturated rings. The first-order chi connectivity index (χ1) is 13.7. The van der Waals surface area contributed by atoms with E-state index in [2.05, 4.69) is 28.3 Å². The number of benzene rings is 2. The van der Waals surface area contributed by atoms with Crippen molar-refractivity contribution in [2.75, 3.05) is 5.32 Å². The Balaban J connectivity index is 1.56. The number of ketones is 2. The van der Waals surface area contributed by atoms with Crippen LogP contribution in [0.5, 0.6) is 0 Å². The largest absolute Gasteiger partial charge is 0.340 e. The van der Waals surface area contributed by atoms with Crippen LogP contribution < -0.4 is 5.32 Å². The maximum atomic E-state index is 12.9. The lowest BCUT2D eigenvalue weighted by Gasteiger charge is -2.18. The third kappa shape index (κ3) is 2.53. The van der Waals surface area contributed by atoms with Gasteiger partial charge in [0.05, 0.1) is 5.39 Å². The van der Waals surface area contributed by atoms with Crippen LogP contribution in [-0.2, 0) is 6.42 Å². The van der Waals surface area contributed by atoms with Crippen molar-refractivity contribution in [1.82, 2.24) is 9.97 Å². The number of anilines is 2. The second-order valence-electron chi connectivity index (χ2n) is 6.60. The van der Waals surface area contributed by atoms with Gasteiger partial charge in [-0.1, -0.05) is 31.2 Å². The van der Waals surface area contributed by atoms with Crippen LogP contribution in [-0.4, -0.2) is 21.5 Å². The topological polar surface area (TPSA) is 72.0 Å². The summed E-state index contributed by atoms with van der Waals surface area (Å²) in [6.45, 7) is 2.11. The molecule has 0 spiro atoms. The highest BCUT2D eigenvalue weighted by atomic mass is 32.1. The second-order valence-corrected chi connectivity index (χ2v) is 7.71. The van der Waals surface area contributed by atoms with Gasteiger partial charge in [0.25, 0.3) is 0 Å². The van der Waals surface area contributed by atoms with E-state index in [1.54, 1.807) is 53.8 Å². The molecule has 0 unspecified atom stereocenters. The van der Waals surface area contributed by atoms with Crippen LogP contribution in [0.3, 0.4) is 0 Å². The number of fused-ring (bicyclic) bond motifs is 3. The summed E-state index contributed by atoms with van der Waals surface area (Å²) in [5, 5.41) is 4.24. The Kier molecular flexibility index (Phi) is 3.80. The summed E-state index contributed by atoms with van der Waals surface area (Å²) in [5.41, 5.74) is 2.48. The Bertz CT molecular complexity index is 1280. The van der Waals surface area contributed by atoms with Gasteiger partial charge >= 0.3 is 0 Å². The van der Waals surface area contributed by atoms with E-state index in [9.17, 15) is 9.59 Å². The number of aryl methyl sites for hydroxylation is 1. The van der Waals surface area contributed by atoms with Crippen molar-refractivity contribution in [2.24, 2.45) is 0 Å². The van der Waals surface area contributed by atoms with Crippen LogP contribution in [0, 0.1) is 0 Å². The standard InChI is InChI=1S/C22H15N3O2S/c1-2-13-10-18-21(23-11-24-22(18)28-13)25-12-7-8-16-17(9-12)20(27)15-6-4-3-5-14(15)19(16)26/h3-11H,2H2,1H3,(H,23,24,25). The fraction of sp³-hybridized carbons (Fsp3) is 0.0909. The van der Waals surface area contributed by atoms with Crippen molar-refractivity contribution in [3.05, 3.63) is 82.0 Å². The maximum absolute atomic E-state index is 12.9. The zero-order valence-corrected chi connectivity index (χ0v) is 15.8. The molecule has 5 nitrogen and oxygen atoms in total. The van der Waals surface area contributed by atoms with Crippen LogP contribution in [0.25, 0.3) is 10.2 Å². The highest BCUT2D eigenvalue weighted by Crippen LogP contribution is 2.32. The summed E-state index contributed by atoms with van der Waals surface area (Å²) in [6.07, 6.45) is 2.47. The van der Waals surface area contributed by atoms with Crippen LogP contribution in [0.15, 0.2) is 54.9 Å². The summed E-state index contributed by atoms with van der Waals surface area (Å²) >= 11 is 1.65. The zero-order chi connectivity index (χ0) is 19.3. The highest BCUT2D eigenvalue weighted by molar-refractivity contribution is 7.18. The summed E-state index contributed by atoms with van der Waals surface area (Å²) in [6, 6.07) is 14.3. The number of nitrogens with one attached hydrogen (secondary N) is 1. The summed E-state index contributed by atoms with van der Waals surface area (Å²) in [7, 11) is 0. The Labute approximate surface area is 165 Å². The Morgan fingerprint density at radius 3 is 2.36 bits per heavy atom.